The van der Waals surface area contributed by atoms with E-state index < -0.39 is 0 Å². The van der Waals surface area contributed by atoms with Crippen LogP contribution in [0.4, 0.5) is 4.39 Å². The number of hydrogen-bond donors (Lipinski definition) is 0. The zero-order valence-corrected chi connectivity index (χ0v) is 21.2. The predicted molar refractivity (Wildman–Crippen MR) is 137 cm³/mol. The third-order valence-corrected chi connectivity index (χ3v) is 8.09. The van der Waals surface area contributed by atoms with Gasteiger partial charge >= 0.3 is 0 Å². The molecular formula is C28H28FN3O4S. The maximum atomic E-state index is 14.2. The van der Waals surface area contributed by atoms with Gasteiger partial charge in [0, 0.05) is 37.1 Å². The molecule has 1 aromatic heterocycles. The molecule has 0 unspecified atom stereocenters. The first-order valence-corrected chi connectivity index (χ1v) is 13.9. The maximum absolute atomic E-state index is 14.2. The van der Waals surface area contributed by atoms with E-state index in [-0.39, 0.29) is 41.9 Å². The van der Waals surface area contributed by atoms with Gasteiger partial charge in [0.1, 0.15) is 17.8 Å². The Morgan fingerprint density at radius 1 is 1.11 bits per heavy atom. The molecule has 1 atom stereocenters. The van der Waals surface area contributed by atoms with E-state index in [4.69, 9.17) is 9.15 Å². The van der Waals surface area contributed by atoms with Gasteiger partial charge in [-0.2, -0.15) is 11.8 Å². The molecule has 1 aliphatic carbocycles. The van der Waals surface area contributed by atoms with Crippen LogP contribution in [0.1, 0.15) is 52.0 Å². The van der Waals surface area contributed by atoms with E-state index in [2.05, 4.69) is 4.98 Å². The molecule has 7 nitrogen and oxygen atoms in total. The van der Waals surface area contributed by atoms with Gasteiger partial charge < -0.3 is 19.0 Å². The molecule has 3 heterocycles. The third-order valence-electron chi connectivity index (χ3n) is 7.15. The Labute approximate surface area is 219 Å². The van der Waals surface area contributed by atoms with Gasteiger partial charge in [-0.25, -0.2) is 9.37 Å². The van der Waals surface area contributed by atoms with Crippen LogP contribution < -0.4 is 4.74 Å². The molecule has 0 radical (unpaired) electrons. The highest BCUT2D eigenvalue weighted by Crippen LogP contribution is 2.41. The summed E-state index contributed by atoms with van der Waals surface area (Å²) in [5, 5.41) is 0. The standard InChI is InChI=1S/C28H28FN3O4S/c29-21-3-1-2-20(14-21)26-23-15-22(7-6-18(23)8-9-32(26)27(33)19-4-5-19)35-17-25-30-24(16-36-25)28(34)31-10-12-37-13-11-31/h1-3,6-7,14-16,19,26H,4-5,8-13,17H2/t26-/m1/s1. The largest absolute Gasteiger partial charge is 0.484 e. The minimum atomic E-state index is -0.371. The number of carbonyl (C=O) groups excluding carboxylic acids is 2. The lowest BCUT2D eigenvalue weighted by Gasteiger charge is -2.38. The monoisotopic (exact) mass is 521 g/mol. The average molecular weight is 522 g/mol. The van der Waals surface area contributed by atoms with Gasteiger partial charge in [0.2, 0.25) is 11.8 Å². The lowest BCUT2D eigenvalue weighted by atomic mass is 9.87. The molecule has 0 N–H and O–H groups in total. The lowest BCUT2D eigenvalue weighted by Crippen LogP contribution is -2.41. The zero-order valence-electron chi connectivity index (χ0n) is 20.4. The summed E-state index contributed by atoms with van der Waals surface area (Å²) < 4.78 is 25.7. The fourth-order valence-corrected chi connectivity index (χ4v) is 5.97. The smallest absolute Gasteiger partial charge is 0.275 e. The summed E-state index contributed by atoms with van der Waals surface area (Å²) in [6.07, 6.45) is 3.95. The van der Waals surface area contributed by atoms with Crippen LogP contribution in [0.25, 0.3) is 0 Å². The Morgan fingerprint density at radius 3 is 2.73 bits per heavy atom. The van der Waals surface area contributed by atoms with Gasteiger partial charge in [0.25, 0.3) is 5.91 Å². The Kier molecular flexibility index (Phi) is 6.63. The van der Waals surface area contributed by atoms with Crippen LogP contribution in [0.15, 0.2) is 53.1 Å². The molecule has 2 amide bonds. The molecule has 1 saturated carbocycles. The molecule has 37 heavy (non-hydrogen) atoms. The van der Waals surface area contributed by atoms with Crippen molar-refractivity contribution in [1.29, 1.82) is 0 Å². The first-order valence-electron chi connectivity index (χ1n) is 12.7. The van der Waals surface area contributed by atoms with Crippen molar-refractivity contribution in [1.82, 2.24) is 14.8 Å². The number of nitrogens with zero attached hydrogens (tertiary/aromatic N) is 3. The van der Waals surface area contributed by atoms with Gasteiger partial charge in [0.05, 0.1) is 6.04 Å². The van der Waals surface area contributed by atoms with E-state index in [9.17, 15) is 14.0 Å². The van der Waals surface area contributed by atoms with E-state index in [1.54, 1.807) is 11.0 Å². The molecule has 0 bridgehead atoms. The van der Waals surface area contributed by atoms with Crippen LogP contribution in [-0.4, -0.2) is 57.7 Å². The number of ether oxygens (including phenoxy) is 1. The summed E-state index contributed by atoms with van der Waals surface area (Å²) >= 11 is 1.84. The first kappa shape index (κ1) is 24.0. The fourth-order valence-electron chi connectivity index (χ4n) is 5.07. The van der Waals surface area contributed by atoms with Crippen LogP contribution >= 0.6 is 11.8 Å². The summed E-state index contributed by atoms with van der Waals surface area (Å²) in [5.41, 5.74) is 3.09. The third kappa shape index (κ3) is 5.09. The second-order valence-corrected chi connectivity index (χ2v) is 10.9. The van der Waals surface area contributed by atoms with Crippen molar-refractivity contribution in [2.24, 2.45) is 5.92 Å². The van der Waals surface area contributed by atoms with E-state index >= 15 is 0 Å². The Morgan fingerprint density at radius 2 is 1.95 bits per heavy atom. The van der Waals surface area contributed by atoms with Crippen LogP contribution in [0.3, 0.4) is 0 Å². The van der Waals surface area contributed by atoms with Crippen molar-refractivity contribution >= 4 is 23.6 Å². The highest BCUT2D eigenvalue weighted by Gasteiger charge is 2.39. The maximum Gasteiger partial charge on any atom is 0.275 e. The molecule has 6 rings (SSSR count). The van der Waals surface area contributed by atoms with Crippen LogP contribution in [0.5, 0.6) is 5.75 Å². The number of amides is 2. The topological polar surface area (TPSA) is 75.9 Å². The molecule has 0 spiro atoms. The number of benzene rings is 2. The SMILES string of the molecule is O=C(c1coc(COc2ccc3c(c2)[C@@H](c2cccc(F)c2)N(C(=O)C2CC2)CC3)n1)N1CCSCC1. The minimum absolute atomic E-state index is 0.0667. The Balaban J connectivity index is 1.22. The number of fused-ring (bicyclic) bond motifs is 1. The number of rotatable bonds is 6. The minimum Gasteiger partial charge on any atom is -0.484 e. The summed E-state index contributed by atoms with van der Waals surface area (Å²) in [5.74, 6) is 2.53. The Bertz CT molecular complexity index is 1320. The van der Waals surface area contributed by atoms with Crippen molar-refractivity contribution in [3.8, 4) is 5.75 Å². The van der Waals surface area contributed by atoms with E-state index in [1.165, 1.54) is 18.4 Å². The van der Waals surface area contributed by atoms with Crippen molar-refractivity contribution in [2.75, 3.05) is 31.1 Å². The number of hydrogen-bond acceptors (Lipinski definition) is 6. The molecule has 3 aromatic rings. The summed E-state index contributed by atoms with van der Waals surface area (Å²) in [6, 6.07) is 11.9. The lowest BCUT2D eigenvalue weighted by molar-refractivity contribution is -0.134. The number of aromatic nitrogens is 1. The number of oxazole rings is 1. The molecule has 2 aromatic carbocycles. The second-order valence-electron chi connectivity index (χ2n) is 9.69. The van der Waals surface area contributed by atoms with Crippen molar-refractivity contribution < 1.29 is 23.1 Å². The Hall–Kier alpha value is -3.33. The molecule has 3 aliphatic rings. The number of carbonyl (C=O) groups is 2. The highest BCUT2D eigenvalue weighted by molar-refractivity contribution is 7.99. The van der Waals surface area contributed by atoms with E-state index in [0.29, 0.717) is 31.3 Å². The molecule has 2 aliphatic heterocycles. The van der Waals surface area contributed by atoms with Crippen LogP contribution in [0, 0.1) is 11.7 Å². The van der Waals surface area contributed by atoms with Gasteiger partial charge in [-0.3, -0.25) is 9.59 Å². The van der Waals surface area contributed by atoms with Crippen molar-refractivity contribution in [3.63, 3.8) is 0 Å². The van der Waals surface area contributed by atoms with E-state index in [0.717, 1.165) is 47.5 Å². The van der Waals surface area contributed by atoms with Gasteiger partial charge in [-0.15, -0.1) is 0 Å². The van der Waals surface area contributed by atoms with Crippen molar-refractivity contribution in [2.45, 2.75) is 31.9 Å². The highest BCUT2D eigenvalue weighted by atomic mass is 32.2. The number of thioether (sulfide) groups is 1. The van der Waals surface area contributed by atoms with Crippen LogP contribution in [-0.2, 0) is 17.8 Å². The summed E-state index contributed by atoms with van der Waals surface area (Å²) in [4.78, 5) is 33.9. The molecule has 192 valence electrons. The van der Waals surface area contributed by atoms with Gasteiger partial charge in [0.15, 0.2) is 12.3 Å². The fraction of sp³-hybridized carbons (Fsp3) is 0.393. The summed E-state index contributed by atoms with van der Waals surface area (Å²) in [6.45, 7) is 2.10. The van der Waals surface area contributed by atoms with E-state index in [1.807, 2.05) is 40.9 Å². The molecule has 1 saturated heterocycles. The van der Waals surface area contributed by atoms with Gasteiger partial charge in [-0.05, 0) is 60.2 Å². The molecule has 2 fully saturated rings. The quantitative estimate of drug-likeness (QED) is 0.477. The first-order chi connectivity index (χ1) is 18.1. The predicted octanol–water partition coefficient (Wildman–Crippen LogP) is 4.47. The normalized spacial score (nSPS) is 19.4. The second kappa shape index (κ2) is 10.2. The van der Waals surface area contributed by atoms with Crippen molar-refractivity contribution in [3.05, 3.63) is 82.8 Å². The number of halogens is 1. The zero-order chi connectivity index (χ0) is 25.4. The molecular weight excluding hydrogens is 493 g/mol. The van der Waals surface area contributed by atoms with Crippen LogP contribution in [0.2, 0.25) is 0 Å². The molecule has 9 heteroatoms. The van der Waals surface area contributed by atoms with Gasteiger partial charge in [-0.1, -0.05) is 18.2 Å². The average Bonchev–Trinajstić information content (AvgIpc) is 3.68. The summed E-state index contributed by atoms with van der Waals surface area (Å²) in [7, 11) is 0.